The van der Waals surface area contributed by atoms with Crippen molar-refractivity contribution in [2.45, 2.75) is 55.8 Å². The summed E-state index contributed by atoms with van der Waals surface area (Å²) in [6, 6.07) is 2.38. The van der Waals surface area contributed by atoms with Crippen molar-refractivity contribution < 1.29 is 34.2 Å². The highest BCUT2D eigenvalue weighted by atomic mass is 16.5. The van der Waals surface area contributed by atoms with Gasteiger partial charge in [-0.3, -0.25) is 36.3 Å². The molecule has 1 aromatic carbocycles. The van der Waals surface area contributed by atoms with Gasteiger partial charge in [0.25, 0.3) is 17.4 Å². The Bertz CT molecular complexity index is 7830. The standard InChI is InChI=1S/C85H4.C23H29N9O5/c1-3-5-7-9-11-13-15-17-19-21-23-25-27-29-31-33-35-37-39-41-43-45-47-49-51-53-55-57-59-61-63-65-67-69-71-73-75-77-79-81-83-85-84-82-80-78-76-74-72-70-68-66-64-62-60-58-56-54-52-50-48-46-44-42-40-38-36-34-32-30-28-26-24-22-20-18-16-14-12-10-8-6-4-2;1-30-10-16(33)31(21(30)35)8-14-17-22(29-19(24)28-17)23(36,37)15(9-32(22)20(25)26-14)27-18(34)13-7-3-5-11-4-2-6-12(11)13/h1H,2H3;3,5,7,14-15,17,36-37H,2,4,6,8-10H2,1H3,(H6,24,25,26,27,28,29,34)/p+2/t;14-,15?,17-,22?/m.0/s1. The van der Waals surface area contributed by atoms with E-state index in [1.54, 1.807) is 13.0 Å². The summed E-state index contributed by atoms with van der Waals surface area (Å²) >= 11 is 0. The Morgan fingerprint density at radius 2 is 0.730 bits per heavy atom. The number of hydrogen-bond acceptors (Lipinski definition) is 9. The molecule has 10 N–H and O–H groups in total. The van der Waals surface area contributed by atoms with Gasteiger partial charge in [-0.15, -0.1) is 6.42 Å². The van der Waals surface area contributed by atoms with E-state index in [4.69, 9.17) is 17.9 Å². The minimum atomic E-state index is -2.56. The lowest BCUT2D eigenvalue weighted by Crippen LogP contribution is -2.92. The third-order valence-corrected chi connectivity index (χ3v) is 13.5. The molecule has 14 nitrogen and oxygen atoms in total. The lowest BCUT2D eigenvalue weighted by Gasteiger charge is -2.41. The molecule has 122 heavy (non-hydrogen) atoms. The van der Waals surface area contributed by atoms with Gasteiger partial charge in [-0.05, 0) is 138 Å². The van der Waals surface area contributed by atoms with Crippen LogP contribution in [-0.4, -0.2) is 111 Å². The summed E-state index contributed by atoms with van der Waals surface area (Å²) in [6.07, 6.45) is 7.61. The van der Waals surface area contributed by atoms with Crippen molar-refractivity contribution in [3.05, 3.63) is 34.9 Å². The molecule has 4 amide bonds. The van der Waals surface area contributed by atoms with Crippen molar-refractivity contribution in [1.29, 1.82) is 0 Å². The van der Waals surface area contributed by atoms with Gasteiger partial charge in [0.1, 0.15) is 18.6 Å². The number of nitrogens with one attached hydrogen (secondary N) is 4. The number of amides is 4. The molecule has 1 aromatic rings. The topological polar surface area (TPSA) is 203 Å². The number of guanidine groups is 2. The lowest BCUT2D eigenvalue weighted by molar-refractivity contribution is -0.674. The molecule has 1 aliphatic carbocycles. The summed E-state index contributed by atoms with van der Waals surface area (Å²) in [6.45, 7) is 1.51. The Kier molecular flexibility index (Phi) is 42.7. The van der Waals surface area contributed by atoms with Gasteiger partial charge in [0.2, 0.25) is 5.91 Å². The van der Waals surface area contributed by atoms with E-state index in [1.807, 2.05) is 12.1 Å². The summed E-state index contributed by atoms with van der Waals surface area (Å²) in [5.41, 5.74) is 13.4. The number of hydrogen-bond donors (Lipinski definition) is 8. The summed E-state index contributed by atoms with van der Waals surface area (Å²) in [7, 11) is 1.53. The second kappa shape index (κ2) is 57.7. The monoisotopic (exact) mass is 1540 g/mol. The number of benzene rings is 1. The third-order valence-electron chi connectivity index (χ3n) is 13.5. The van der Waals surface area contributed by atoms with E-state index in [0.29, 0.717) is 5.56 Å². The molecule has 540 valence electrons. The molecule has 2 unspecified atom stereocenters. The van der Waals surface area contributed by atoms with Crippen molar-refractivity contribution in [1.82, 2.24) is 25.8 Å². The number of aliphatic hydroxyl groups is 2. The van der Waals surface area contributed by atoms with Crippen molar-refractivity contribution in [2.24, 2.45) is 11.5 Å². The van der Waals surface area contributed by atoms with Gasteiger partial charge >= 0.3 is 18.0 Å². The first-order valence-corrected chi connectivity index (χ1v) is 33.6. The molecule has 0 bridgehead atoms. The number of imide groups is 1. The van der Waals surface area contributed by atoms with E-state index < -0.39 is 41.5 Å². The lowest BCUT2D eigenvalue weighted by atomic mass is 9.85. The quantitative estimate of drug-likeness (QED) is 0.0630. The molecule has 1 spiro atoms. The molecule has 2 fully saturated rings. The van der Waals surface area contributed by atoms with Gasteiger partial charge in [0, 0.05) is 403 Å². The van der Waals surface area contributed by atoms with E-state index in [1.165, 1.54) is 16.5 Å². The smallest absolute Gasteiger partial charge is 0.347 e. The SMILES string of the molecule is C#CC#CC#CC#CC#CC#CC#CC#CC#CC#CC#CC#CC#CC#CC#CC#CC#CC#CC#CC#CC#CC#CC#CC#CC#CC#CC#CC#CC#CC#CC#CC#CC#CC#CC#CC#CC#CC#CC#CC#CC#CC#CC.CN1CC(=O)N(C[C@@H]2NC(N)=[N+]3CC(NC(=O)c4cccc5c4CCC5)C(O)(O)C34NC(N)=[NH+][C@@H]24)C1=O. The maximum Gasteiger partial charge on any atom is 0.347 e. The molecule has 4 atom stereocenters. The maximum atomic E-state index is 13.3. The Labute approximate surface area is 712 Å². The third kappa shape index (κ3) is 35.8. The first kappa shape index (κ1) is 90.2. The molecule has 0 aromatic heterocycles. The van der Waals surface area contributed by atoms with Crippen molar-refractivity contribution in [2.75, 3.05) is 26.7 Å². The van der Waals surface area contributed by atoms with Gasteiger partial charge in [-0.2, -0.15) is 0 Å². The van der Waals surface area contributed by atoms with Crippen molar-refractivity contribution in [3.8, 4) is 498 Å². The van der Waals surface area contributed by atoms with Crippen LogP contribution in [-0.2, 0) is 17.6 Å². The Morgan fingerprint density at radius 1 is 0.451 bits per heavy atom. The van der Waals surface area contributed by atoms with Crippen LogP contribution in [0.1, 0.15) is 34.8 Å². The largest absolute Gasteiger partial charge is 0.358 e. The fourth-order valence-electron chi connectivity index (χ4n) is 9.08. The Balaban J connectivity index is 0.000000581. The van der Waals surface area contributed by atoms with Crippen LogP contribution in [0.25, 0.3) is 0 Å². The number of aryl methyl sites for hydroxylation is 1. The number of likely N-dealkylation sites (N-methyl/N-ethyl adjacent to an activating group) is 1. The summed E-state index contributed by atoms with van der Waals surface area (Å²) in [4.78, 5) is 43.7. The van der Waals surface area contributed by atoms with Crippen LogP contribution in [0.2, 0.25) is 0 Å². The second-order valence-corrected chi connectivity index (χ2v) is 20.9. The average Bonchev–Trinajstić information content (AvgIpc) is 1.52. The summed E-state index contributed by atoms with van der Waals surface area (Å²) in [5, 5.41) is 32.1. The number of carbonyl (C=O) groups is 3. The molecule has 5 aliphatic rings. The predicted molar refractivity (Wildman–Crippen MR) is 461 cm³/mol. The summed E-state index contributed by atoms with van der Waals surface area (Å²) < 4.78 is 1.52. The number of urea groups is 1. The van der Waals surface area contributed by atoms with Crippen molar-refractivity contribution in [3.63, 3.8) is 0 Å². The zero-order chi connectivity index (χ0) is 87.0. The van der Waals surface area contributed by atoms with Crippen LogP contribution < -0.4 is 32.4 Å². The minimum Gasteiger partial charge on any atom is -0.358 e. The van der Waals surface area contributed by atoms with Crippen LogP contribution in [0.4, 0.5) is 4.79 Å². The van der Waals surface area contributed by atoms with Gasteiger partial charge < -0.3 is 20.4 Å². The first-order chi connectivity index (χ1) is 60.0. The molecule has 6 rings (SSSR count). The van der Waals surface area contributed by atoms with Gasteiger partial charge in [-0.25, -0.2) is 14.7 Å². The van der Waals surface area contributed by atoms with Gasteiger partial charge in [0.05, 0.1) is 13.1 Å². The number of carbonyl (C=O) groups excluding carboxylic acids is 3. The first-order valence-electron chi connectivity index (χ1n) is 33.6. The van der Waals surface area contributed by atoms with Gasteiger partial charge in [-0.1, -0.05) is 18.1 Å². The number of terminal acetylenes is 1. The van der Waals surface area contributed by atoms with Crippen molar-refractivity contribution >= 4 is 29.8 Å². The molecular formula is C108H35N9O5+2. The number of nitrogens with zero attached hydrogens (tertiary/aromatic N) is 3. The zero-order valence-corrected chi connectivity index (χ0v) is 63.4. The molecule has 4 aliphatic heterocycles. The zero-order valence-electron chi connectivity index (χ0n) is 63.4. The molecular weight excluding hydrogens is 1500 g/mol. The Morgan fingerprint density at radius 3 is 0.992 bits per heavy atom. The van der Waals surface area contributed by atoms with Crippen LogP contribution in [0, 0.1) is 498 Å². The summed E-state index contributed by atoms with van der Waals surface area (Å²) in [5.74, 6) is 204. The molecule has 0 radical (unpaired) electrons. The highest BCUT2D eigenvalue weighted by Gasteiger charge is 2.78. The number of rotatable bonds is 4. The average molecular weight is 1540 g/mol. The Hall–Kier alpha value is -22.4. The molecule has 14 heteroatoms. The van der Waals surface area contributed by atoms with E-state index in [-0.39, 0.29) is 37.5 Å². The number of fused-ring (bicyclic) bond motifs is 1. The normalized spacial score (nSPS) is 12.3. The van der Waals surface area contributed by atoms with E-state index in [2.05, 4.69) is 512 Å². The molecule has 0 saturated carbocycles. The number of nitrogens with two attached hydrogens (primary N) is 2. The van der Waals surface area contributed by atoms with Crippen LogP contribution in [0.5, 0.6) is 0 Å². The molecule has 2 saturated heterocycles. The fourth-order valence-corrected chi connectivity index (χ4v) is 9.08. The van der Waals surface area contributed by atoms with E-state index in [9.17, 15) is 24.6 Å². The second-order valence-electron chi connectivity index (χ2n) is 20.9. The van der Waals surface area contributed by atoms with Crippen LogP contribution >= 0.6 is 0 Å². The molecule has 4 heterocycles. The minimum absolute atomic E-state index is 0.0396. The highest BCUT2D eigenvalue weighted by Crippen LogP contribution is 2.38. The maximum absolute atomic E-state index is 13.3. The fraction of sp³-hybridized carbons (Fsp3) is 0.120. The van der Waals surface area contributed by atoms with E-state index >= 15 is 0 Å². The van der Waals surface area contributed by atoms with E-state index in [0.717, 1.165) is 35.3 Å². The van der Waals surface area contributed by atoms with Crippen LogP contribution in [0.15, 0.2) is 18.2 Å². The predicted octanol–water partition coefficient (Wildman–Crippen LogP) is -5.00. The van der Waals surface area contributed by atoms with Gasteiger partial charge in [0.15, 0.2) is 6.04 Å². The highest BCUT2D eigenvalue weighted by molar-refractivity contribution is 6.02. The van der Waals surface area contributed by atoms with Crippen LogP contribution in [0.3, 0.4) is 0 Å².